The molecule has 2 nitrogen and oxygen atoms in total. The van der Waals surface area contributed by atoms with E-state index in [0.29, 0.717) is 17.5 Å². The molecule has 0 aromatic heterocycles. The van der Waals surface area contributed by atoms with Gasteiger partial charge < -0.3 is 0 Å². The van der Waals surface area contributed by atoms with Gasteiger partial charge in [0.1, 0.15) is 11.6 Å². The molecule has 0 N–H and O–H groups in total. The fraction of sp³-hybridized carbons (Fsp3) is 0.800. The average molecular weight is 164 g/mol. The van der Waals surface area contributed by atoms with E-state index in [2.05, 4.69) is 0 Å². The largest absolute Gasteiger partial charge is 0.299 e. The molecule has 2 heteroatoms. The molecule has 0 aromatic rings. The summed E-state index contributed by atoms with van der Waals surface area (Å²) in [5.74, 6) is 1.85. The standard InChI is InChI=1S/C10H12O2/c11-8-4-3-5-6-1-2-7(9(5)8)10(6)12/h5-7,9H,1-4H2/t5-,6+,7-,9-/m0/s1. The molecule has 0 unspecified atom stereocenters. The van der Waals surface area contributed by atoms with E-state index >= 15 is 0 Å². The van der Waals surface area contributed by atoms with Crippen LogP contribution in [0, 0.1) is 23.7 Å². The summed E-state index contributed by atoms with van der Waals surface area (Å²) in [6.07, 6.45) is 3.81. The van der Waals surface area contributed by atoms with Crippen molar-refractivity contribution in [1.29, 1.82) is 0 Å². The molecule has 0 heterocycles. The van der Waals surface area contributed by atoms with E-state index in [1.54, 1.807) is 0 Å². The summed E-state index contributed by atoms with van der Waals surface area (Å²) >= 11 is 0. The molecule has 0 spiro atoms. The molecule has 2 bridgehead atoms. The maximum atomic E-state index is 11.6. The number of hydrogen-bond acceptors (Lipinski definition) is 2. The minimum Gasteiger partial charge on any atom is -0.299 e. The quantitative estimate of drug-likeness (QED) is 0.539. The first-order chi connectivity index (χ1) is 5.79. The highest BCUT2D eigenvalue weighted by Crippen LogP contribution is 2.55. The monoisotopic (exact) mass is 164 g/mol. The maximum Gasteiger partial charge on any atom is 0.140 e. The van der Waals surface area contributed by atoms with Crippen LogP contribution in [0.4, 0.5) is 0 Å². The van der Waals surface area contributed by atoms with Gasteiger partial charge in [-0.15, -0.1) is 0 Å². The second-order valence-corrected chi connectivity index (χ2v) is 4.39. The summed E-state index contributed by atoms with van der Waals surface area (Å²) in [6.45, 7) is 0. The van der Waals surface area contributed by atoms with Crippen LogP contribution in [0.15, 0.2) is 0 Å². The van der Waals surface area contributed by atoms with Gasteiger partial charge in [-0.3, -0.25) is 9.59 Å². The number of carbonyl (C=O) groups excluding carboxylic acids is 2. The molecule has 0 aromatic carbocycles. The van der Waals surface area contributed by atoms with Crippen molar-refractivity contribution in [3.05, 3.63) is 0 Å². The van der Waals surface area contributed by atoms with E-state index in [0.717, 1.165) is 25.7 Å². The van der Waals surface area contributed by atoms with Gasteiger partial charge in [0.25, 0.3) is 0 Å². The highest BCUT2D eigenvalue weighted by molar-refractivity contribution is 5.97. The van der Waals surface area contributed by atoms with Crippen LogP contribution in [0.1, 0.15) is 25.7 Å². The molecule has 3 saturated carbocycles. The second kappa shape index (κ2) is 1.98. The van der Waals surface area contributed by atoms with Crippen LogP contribution in [0.2, 0.25) is 0 Å². The van der Waals surface area contributed by atoms with E-state index in [1.807, 2.05) is 0 Å². The number of ketones is 2. The first-order valence-electron chi connectivity index (χ1n) is 4.85. The third-order valence-electron chi connectivity index (χ3n) is 4.03. The smallest absolute Gasteiger partial charge is 0.140 e. The lowest BCUT2D eigenvalue weighted by atomic mass is 9.81. The minimum atomic E-state index is 0.148. The molecule has 0 amide bonds. The zero-order chi connectivity index (χ0) is 8.29. The Hall–Kier alpha value is -0.660. The average Bonchev–Trinajstić information content (AvgIpc) is 2.66. The van der Waals surface area contributed by atoms with Gasteiger partial charge in [0.05, 0.1) is 0 Å². The SMILES string of the molecule is O=C1CC[C@@H]2[C@H]1[C@@H]1CC[C@H]2C1=O. The predicted molar refractivity (Wildman–Crippen MR) is 42.4 cm³/mol. The lowest BCUT2D eigenvalue weighted by molar-refractivity contribution is -0.126. The molecule has 64 valence electrons. The van der Waals surface area contributed by atoms with Crippen LogP contribution in [0.25, 0.3) is 0 Å². The molecule has 3 fully saturated rings. The van der Waals surface area contributed by atoms with Crippen molar-refractivity contribution in [3.63, 3.8) is 0 Å². The van der Waals surface area contributed by atoms with Crippen molar-refractivity contribution < 1.29 is 9.59 Å². The zero-order valence-corrected chi connectivity index (χ0v) is 6.95. The van der Waals surface area contributed by atoms with Crippen molar-refractivity contribution in [3.8, 4) is 0 Å². The molecule has 12 heavy (non-hydrogen) atoms. The molecular formula is C10H12O2. The van der Waals surface area contributed by atoms with Crippen molar-refractivity contribution >= 4 is 11.6 Å². The zero-order valence-electron chi connectivity index (χ0n) is 6.95. The Morgan fingerprint density at radius 1 is 1.00 bits per heavy atom. The lowest BCUT2D eigenvalue weighted by Gasteiger charge is -2.20. The second-order valence-electron chi connectivity index (χ2n) is 4.39. The summed E-state index contributed by atoms with van der Waals surface area (Å²) in [6, 6.07) is 0. The van der Waals surface area contributed by atoms with Crippen LogP contribution in [0.5, 0.6) is 0 Å². The van der Waals surface area contributed by atoms with Gasteiger partial charge in [-0.1, -0.05) is 0 Å². The van der Waals surface area contributed by atoms with Gasteiger partial charge in [0, 0.05) is 24.2 Å². The molecule has 4 atom stereocenters. The lowest BCUT2D eigenvalue weighted by Crippen LogP contribution is -2.21. The number of Topliss-reactive ketones (excluding diaryl/α,β-unsaturated/α-hetero) is 2. The van der Waals surface area contributed by atoms with Crippen molar-refractivity contribution in [1.82, 2.24) is 0 Å². The Kier molecular flexibility index (Phi) is 1.12. The summed E-state index contributed by atoms with van der Waals surface area (Å²) in [5, 5.41) is 0. The highest BCUT2D eigenvalue weighted by Gasteiger charge is 2.58. The van der Waals surface area contributed by atoms with Gasteiger partial charge in [-0.25, -0.2) is 0 Å². The number of hydrogen-bond donors (Lipinski definition) is 0. The summed E-state index contributed by atoms with van der Waals surface area (Å²) in [5.41, 5.74) is 0. The van der Waals surface area contributed by atoms with Crippen LogP contribution in [-0.2, 0) is 9.59 Å². The van der Waals surface area contributed by atoms with Gasteiger partial charge in [0.15, 0.2) is 0 Å². The third-order valence-corrected chi connectivity index (χ3v) is 4.03. The molecule has 0 aliphatic heterocycles. The predicted octanol–water partition coefficient (Wildman–Crippen LogP) is 1.19. The Balaban J connectivity index is 2.03. The highest BCUT2D eigenvalue weighted by atomic mass is 16.1. The number of fused-ring (bicyclic) bond motifs is 5. The van der Waals surface area contributed by atoms with Crippen molar-refractivity contribution in [2.45, 2.75) is 25.7 Å². The Labute approximate surface area is 71.3 Å². The summed E-state index contributed by atoms with van der Waals surface area (Å²) in [7, 11) is 0. The fourth-order valence-corrected chi connectivity index (χ4v) is 3.57. The fourth-order valence-electron chi connectivity index (χ4n) is 3.57. The van der Waals surface area contributed by atoms with Gasteiger partial charge >= 0.3 is 0 Å². The molecule has 3 aliphatic rings. The molecule has 0 radical (unpaired) electrons. The number of carbonyl (C=O) groups is 2. The molecule has 0 saturated heterocycles. The van der Waals surface area contributed by atoms with E-state index in [4.69, 9.17) is 0 Å². The van der Waals surface area contributed by atoms with Crippen LogP contribution >= 0.6 is 0 Å². The summed E-state index contributed by atoms with van der Waals surface area (Å²) in [4.78, 5) is 23.0. The van der Waals surface area contributed by atoms with E-state index in [9.17, 15) is 9.59 Å². The van der Waals surface area contributed by atoms with Crippen molar-refractivity contribution in [2.24, 2.45) is 23.7 Å². The van der Waals surface area contributed by atoms with Gasteiger partial charge in [0.2, 0.25) is 0 Å². The first-order valence-corrected chi connectivity index (χ1v) is 4.85. The topological polar surface area (TPSA) is 34.1 Å². The number of rotatable bonds is 0. The normalized spacial score (nSPS) is 50.3. The molecule has 3 aliphatic carbocycles. The van der Waals surface area contributed by atoms with E-state index in [-0.39, 0.29) is 17.8 Å². The minimum absolute atomic E-state index is 0.148. The Bertz CT molecular complexity index is 269. The summed E-state index contributed by atoms with van der Waals surface area (Å²) < 4.78 is 0. The third kappa shape index (κ3) is 0.584. The first kappa shape index (κ1) is 6.81. The maximum absolute atomic E-state index is 11.6. The van der Waals surface area contributed by atoms with Crippen molar-refractivity contribution in [2.75, 3.05) is 0 Å². The van der Waals surface area contributed by atoms with Crippen LogP contribution in [-0.4, -0.2) is 11.6 Å². The molecular weight excluding hydrogens is 152 g/mol. The van der Waals surface area contributed by atoms with E-state index in [1.165, 1.54) is 0 Å². The van der Waals surface area contributed by atoms with E-state index < -0.39 is 0 Å². The van der Waals surface area contributed by atoms with Crippen LogP contribution in [0.3, 0.4) is 0 Å². The Morgan fingerprint density at radius 3 is 2.50 bits per heavy atom. The van der Waals surface area contributed by atoms with Crippen LogP contribution < -0.4 is 0 Å². The van der Waals surface area contributed by atoms with Gasteiger partial charge in [-0.2, -0.15) is 0 Å². The molecule has 3 rings (SSSR count). The van der Waals surface area contributed by atoms with Gasteiger partial charge in [-0.05, 0) is 25.2 Å². The Morgan fingerprint density at radius 2 is 1.75 bits per heavy atom.